The van der Waals surface area contributed by atoms with Gasteiger partial charge in [0.2, 0.25) is 0 Å². The van der Waals surface area contributed by atoms with Crippen LogP contribution in [0.25, 0.3) is 21.8 Å². The molecule has 3 heteroatoms. The largest absolute Gasteiger partial charge is 0.311 e. The first kappa shape index (κ1) is 19.2. The zero-order valence-electron chi connectivity index (χ0n) is 17.4. The van der Waals surface area contributed by atoms with E-state index in [-0.39, 0.29) is 0 Å². The van der Waals surface area contributed by atoms with Gasteiger partial charge in [0.05, 0.1) is 11.0 Å². The van der Waals surface area contributed by atoms with Crippen LogP contribution < -0.4 is 5.32 Å². The molecular formula is C27H29N3. The number of para-hydroxylation sites is 2. The predicted octanol–water partition coefficient (Wildman–Crippen LogP) is 5.86. The van der Waals surface area contributed by atoms with Gasteiger partial charge < -0.3 is 5.32 Å². The monoisotopic (exact) mass is 395 g/mol. The second kappa shape index (κ2) is 8.93. The van der Waals surface area contributed by atoms with Gasteiger partial charge in [0.25, 0.3) is 0 Å². The zero-order chi connectivity index (χ0) is 20.2. The van der Waals surface area contributed by atoms with E-state index in [1.54, 1.807) is 0 Å². The van der Waals surface area contributed by atoms with E-state index in [0.717, 1.165) is 23.9 Å². The van der Waals surface area contributed by atoms with E-state index in [9.17, 15) is 0 Å². The van der Waals surface area contributed by atoms with Crippen molar-refractivity contribution in [3.63, 3.8) is 0 Å². The first-order valence-corrected chi connectivity index (χ1v) is 11.3. The first-order valence-electron chi connectivity index (χ1n) is 11.3. The Morgan fingerprint density at radius 1 is 0.667 bits per heavy atom. The Morgan fingerprint density at radius 2 is 1.17 bits per heavy atom. The second-order valence-corrected chi connectivity index (χ2v) is 8.54. The molecule has 0 bridgehead atoms. The van der Waals surface area contributed by atoms with Gasteiger partial charge >= 0.3 is 0 Å². The van der Waals surface area contributed by atoms with Crippen LogP contribution in [-0.4, -0.2) is 22.1 Å². The minimum absolute atomic E-state index is 0.616. The van der Waals surface area contributed by atoms with Gasteiger partial charge in [-0.05, 0) is 73.9 Å². The second-order valence-electron chi connectivity index (χ2n) is 8.54. The van der Waals surface area contributed by atoms with Crippen molar-refractivity contribution >= 4 is 21.8 Å². The molecule has 1 fully saturated rings. The molecule has 0 radical (unpaired) electrons. The van der Waals surface area contributed by atoms with Crippen LogP contribution in [0.3, 0.4) is 0 Å². The number of nitrogens with one attached hydrogen (secondary N) is 1. The van der Waals surface area contributed by atoms with Gasteiger partial charge in [-0.15, -0.1) is 0 Å². The number of rotatable bonds is 6. The Bertz CT molecular complexity index is 1040. The van der Waals surface area contributed by atoms with Gasteiger partial charge in [-0.3, -0.25) is 9.97 Å². The number of benzene rings is 2. The lowest BCUT2D eigenvalue weighted by atomic mass is 9.90. The smallest absolute Gasteiger partial charge is 0.0704 e. The summed E-state index contributed by atoms with van der Waals surface area (Å²) < 4.78 is 0. The van der Waals surface area contributed by atoms with E-state index in [0.29, 0.717) is 12.1 Å². The van der Waals surface area contributed by atoms with Crippen molar-refractivity contribution in [2.24, 2.45) is 0 Å². The highest BCUT2D eigenvalue weighted by molar-refractivity contribution is 5.82. The zero-order valence-corrected chi connectivity index (χ0v) is 17.4. The molecule has 3 nitrogen and oxygen atoms in total. The van der Waals surface area contributed by atoms with E-state index in [2.05, 4.69) is 75.9 Å². The third kappa shape index (κ3) is 4.22. The van der Waals surface area contributed by atoms with Crippen molar-refractivity contribution in [1.82, 2.24) is 15.3 Å². The minimum Gasteiger partial charge on any atom is -0.311 e. The van der Waals surface area contributed by atoms with Crippen LogP contribution in [0.2, 0.25) is 0 Å². The summed E-state index contributed by atoms with van der Waals surface area (Å²) in [6, 6.07) is 22.6. The number of aromatic nitrogens is 2. The fourth-order valence-electron chi connectivity index (χ4n) is 4.97. The highest BCUT2D eigenvalue weighted by atomic mass is 15.0. The predicted molar refractivity (Wildman–Crippen MR) is 125 cm³/mol. The van der Waals surface area contributed by atoms with Gasteiger partial charge in [0, 0.05) is 35.2 Å². The molecule has 2 atom stereocenters. The van der Waals surface area contributed by atoms with E-state index >= 15 is 0 Å². The summed E-state index contributed by atoms with van der Waals surface area (Å²) in [5, 5.41) is 6.56. The first-order chi connectivity index (χ1) is 14.9. The van der Waals surface area contributed by atoms with Crippen molar-refractivity contribution in [3.05, 3.63) is 84.2 Å². The van der Waals surface area contributed by atoms with Crippen molar-refractivity contribution in [2.45, 2.75) is 57.0 Å². The molecule has 0 saturated carbocycles. The molecule has 5 rings (SSSR count). The van der Waals surface area contributed by atoms with Crippen molar-refractivity contribution in [1.29, 1.82) is 0 Å². The summed E-state index contributed by atoms with van der Waals surface area (Å²) in [6.07, 6.45) is 12.4. The Balaban J connectivity index is 1.20. The number of nitrogens with zero attached hydrogens (tertiary/aromatic N) is 2. The highest BCUT2D eigenvalue weighted by Gasteiger charge is 2.21. The van der Waals surface area contributed by atoms with Crippen molar-refractivity contribution in [2.75, 3.05) is 0 Å². The summed E-state index contributed by atoms with van der Waals surface area (Å²) in [5.41, 5.74) is 5.06. The Labute approximate surface area is 178 Å². The SMILES string of the molecule is c1ccc2c(CC[C@H]3CCC[C@@H](CCc4ccnc5ccccc45)N3)ccnc2c1. The van der Waals surface area contributed by atoms with Crippen LogP contribution in [0.15, 0.2) is 73.1 Å². The molecule has 1 aliphatic heterocycles. The van der Waals surface area contributed by atoms with Crippen LogP contribution in [0.4, 0.5) is 0 Å². The standard InChI is InChI=1S/C27H29N3/c1-3-10-26-24(8-1)20(16-18-28-26)12-14-22-6-5-7-23(30-22)15-13-21-17-19-29-27-11-4-2-9-25(21)27/h1-4,8-11,16-19,22-23,30H,5-7,12-15H2/t22-,23+. The molecular weight excluding hydrogens is 366 g/mol. The van der Waals surface area contributed by atoms with Gasteiger partial charge in [0.15, 0.2) is 0 Å². The van der Waals surface area contributed by atoms with Gasteiger partial charge in [0.1, 0.15) is 0 Å². The number of piperidine rings is 1. The lowest BCUT2D eigenvalue weighted by Crippen LogP contribution is -2.42. The molecule has 3 heterocycles. The fourth-order valence-corrected chi connectivity index (χ4v) is 4.97. The molecule has 30 heavy (non-hydrogen) atoms. The molecule has 1 saturated heterocycles. The van der Waals surface area contributed by atoms with E-state index in [4.69, 9.17) is 0 Å². The summed E-state index contributed by atoms with van der Waals surface area (Å²) in [4.78, 5) is 9.01. The molecule has 2 aromatic carbocycles. The van der Waals surface area contributed by atoms with Crippen molar-refractivity contribution in [3.8, 4) is 0 Å². The van der Waals surface area contributed by atoms with Crippen LogP contribution in [0.5, 0.6) is 0 Å². The number of hydrogen-bond acceptors (Lipinski definition) is 3. The maximum Gasteiger partial charge on any atom is 0.0704 e. The number of aryl methyl sites for hydroxylation is 2. The molecule has 2 aromatic heterocycles. The topological polar surface area (TPSA) is 37.8 Å². The van der Waals surface area contributed by atoms with Gasteiger partial charge in [-0.1, -0.05) is 42.8 Å². The average Bonchev–Trinajstić information content (AvgIpc) is 2.81. The number of hydrogen-bond donors (Lipinski definition) is 1. The summed E-state index contributed by atoms with van der Waals surface area (Å²) in [6.45, 7) is 0. The van der Waals surface area contributed by atoms with E-state index < -0.39 is 0 Å². The van der Waals surface area contributed by atoms with Crippen LogP contribution in [0.1, 0.15) is 43.2 Å². The normalized spacial score (nSPS) is 19.3. The molecule has 1 aliphatic rings. The summed E-state index contributed by atoms with van der Waals surface area (Å²) in [5.74, 6) is 0. The molecule has 0 aliphatic carbocycles. The number of pyridine rings is 2. The third-order valence-electron chi connectivity index (χ3n) is 6.58. The van der Waals surface area contributed by atoms with Gasteiger partial charge in [-0.2, -0.15) is 0 Å². The molecule has 1 N–H and O–H groups in total. The number of fused-ring (bicyclic) bond motifs is 2. The average molecular weight is 396 g/mol. The molecule has 0 amide bonds. The van der Waals surface area contributed by atoms with Crippen LogP contribution >= 0.6 is 0 Å². The van der Waals surface area contributed by atoms with E-state index in [1.807, 2.05) is 12.4 Å². The maximum atomic E-state index is 4.50. The maximum absolute atomic E-state index is 4.50. The summed E-state index contributed by atoms with van der Waals surface area (Å²) >= 11 is 0. The van der Waals surface area contributed by atoms with Crippen LogP contribution in [-0.2, 0) is 12.8 Å². The molecule has 0 unspecified atom stereocenters. The Kier molecular flexibility index (Phi) is 5.71. The van der Waals surface area contributed by atoms with Crippen LogP contribution in [0, 0.1) is 0 Å². The molecule has 0 spiro atoms. The summed E-state index contributed by atoms with van der Waals surface area (Å²) in [7, 11) is 0. The lowest BCUT2D eigenvalue weighted by molar-refractivity contribution is 0.297. The lowest BCUT2D eigenvalue weighted by Gasteiger charge is -2.31. The Morgan fingerprint density at radius 3 is 1.70 bits per heavy atom. The quantitative estimate of drug-likeness (QED) is 0.444. The van der Waals surface area contributed by atoms with Gasteiger partial charge in [-0.25, -0.2) is 0 Å². The molecule has 4 aromatic rings. The third-order valence-corrected chi connectivity index (χ3v) is 6.58. The fraction of sp³-hybridized carbons (Fsp3) is 0.333. The highest BCUT2D eigenvalue weighted by Crippen LogP contribution is 2.24. The Hall–Kier alpha value is -2.78. The van der Waals surface area contributed by atoms with Crippen molar-refractivity contribution < 1.29 is 0 Å². The molecule has 152 valence electrons. The van der Waals surface area contributed by atoms with E-state index in [1.165, 1.54) is 54.0 Å². The minimum atomic E-state index is 0.616.